The van der Waals surface area contributed by atoms with Gasteiger partial charge in [-0.15, -0.1) is 0 Å². The maximum Gasteiger partial charge on any atom is 0.136 e. The second kappa shape index (κ2) is 11.0. The van der Waals surface area contributed by atoms with Crippen molar-refractivity contribution < 1.29 is 9.84 Å². The minimum Gasteiger partial charge on any atom is -0.389 e. The van der Waals surface area contributed by atoms with E-state index >= 15 is 0 Å². The molecule has 3 rings (SSSR count). The van der Waals surface area contributed by atoms with Crippen molar-refractivity contribution in [3.63, 3.8) is 0 Å². The van der Waals surface area contributed by atoms with Gasteiger partial charge in [0.05, 0.1) is 12.7 Å². The first kappa shape index (κ1) is 22.9. The Labute approximate surface area is 184 Å². The Balaban J connectivity index is 1.74. The van der Waals surface area contributed by atoms with Gasteiger partial charge in [0.15, 0.2) is 0 Å². The fourth-order valence-electron chi connectivity index (χ4n) is 3.93. The number of benzene rings is 1. The van der Waals surface area contributed by atoms with E-state index in [0.717, 1.165) is 61.4 Å². The smallest absolute Gasteiger partial charge is 0.136 e. The third-order valence-electron chi connectivity index (χ3n) is 5.47. The third kappa shape index (κ3) is 6.14. The van der Waals surface area contributed by atoms with E-state index in [-0.39, 0.29) is 0 Å². The second-order valence-electron chi connectivity index (χ2n) is 7.78. The quantitative estimate of drug-likeness (QED) is 0.657. The number of β-amino-alcohol motifs (C(OH)–C–C–N with tert-alkyl or cyclic N) is 1. The van der Waals surface area contributed by atoms with Crippen molar-refractivity contribution in [1.82, 2.24) is 14.9 Å². The number of hydrogen-bond acceptors (Lipinski definition) is 6. The lowest BCUT2D eigenvalue weighted by Crippen LogP contribution is -2.49. The lowest BCUT2D eigenvalue weighted by atomic mass is 10.0. The van der Waals surface area contributed by atoms with Gasteiger partial charge >= 0.3 is 0 Å². The molecule has 7 heteroatoms. The summed E-state index contributed by atoms with van der Waals surface area (Å²) in [5, 5.41) is 10.9. The molecule has 1 aromatic heterocycles. The van der Waals surface area contributed by atoms with Crippen LogP contribution in [0, 0.1) is 6.92 Å². The fraction of sp³-hybridized carbons (Fsp3) is 0.565. The number of aromatic nitrogens is 2. The van der Waals surface area contributed by atoms with Gasteiger partial charge in [-0.1, -0.05) is 30.7 Å². The fourth-order valence-corrected chi connectivity index (χ4v) is 4.05. The molecule has 1 unspecified atom stereocenters. The number of hydrogen-bond donors (Lipinski definition) is 1. The molecule has 1 fully saturated rings. The van der Waals surface area contributed by atoms with E-state index in [1.807, 2.05) is 26.0 Å². The van der Waals surface area contributed by atoms with Crippen molar-refractivity contribution >= 4 is 17.4 Å². The van der Waals surface area contributed by atoms with Crippen molar-refractivity contribution in [3.8, 4) is 0 Å². The first-order chi connectivity index (χ1) is 14.5. The number of piperazine rings is 1. The zero-order chi connectivity index (χ0) is 21.5. The van der Waals surface area contributed by atoms with Gasteiger partial charge in [-0.25, -0.2) is 9.97 Å². The van der Waals surface area contributed by atoms with Crippen LogP contribution in [0.1, 0.15) is 36.5 Å². The molecule has 164 valence electrons. The van der Waals surface area contributed by atoms with Gasteiger partial charge in [0.25, 0.3) is 0 Å². The van der Waals surface area contributed by atoms with E-state index in [4.69, 9.17) is 26.3 Å². The van der Waals surface area contributed by atoms with Crippen molar-refractivity contribution in [2.24, 2.45) is 0 Å². The molecule has 1 aliphatic heterocycles. The van der Waals surface area contributed by atoms with E-state index in [1.165, 1.54) is 11.1 Å². The summed E-state index contributed by atoms with van der Waals surface area (Å²) < 4.78 is 5.33. The normalized spacial score (nSPS) is 16.1. The maximum atomic E-state index is 10.1. The molecule has 1 aliphatic rings. The molecule has 0 spiro atoms. The standard InChI is InChI=1S/C23H33ClN4O2/c1-4-22-21(14-18-6-8-19(24)9-7-18)23(26-17(3)25-22)28-12-10-27(11-13-28)15-20(29)16-30-5-2/h6-9,20,29H,4-5,10-16H2,1-3H3. The van der Waals surface area contributed by atoms with Crippen LogP contribution in [0.2, 0.25) is 5.02 Å². The number of aryl methyl sites for hydroxylation is 2. The highest BCUT2D eigenvalue weighted by Gasteiger charge is 2.24. The SMILES string of the molecule is CCOCC(O)CN1CCN(c2nc(C)nc(CC)c2Cc2ccc(Cl)cc2)CC1. The van der Waals surface area contributed by atoms with Crippen molar-refractivity contribution in [2.75, 3.05) is 50.8 Å². The average molecular weight is 433 g/mol. The Morgan fingerprint density at radius 3 is 2.43 bits per heavy atom. The van der Waals surface area contributed by atoms with Gasteiger partial charge in [0.1, 0.15) is 11.6 Å². The van der Waals surface area contributed by atoms with Gasteiger partial charge < -0.3 is 14.7 Å². The van der Waals surface area contributed by atoms with Crippen LogP contribution in [0.15, 0.2) is 24.3 Å². The second-order valence-corrected chi connectivity index (χ2v) is 8.21. The number of aliphatic hydroxyl groups is 1. The summed E-state index contributed by atoms with van der Waals surface area (Å²) in [5.41, 5.74) is 3.53. The van der Waals surface area contributed by atoms with E-state index < -0.39 is 6.10 Å². The van der Waals surface area contributed by atoms with Crippen LogP contribution < -0.4 is 4.90 Å². The average Bonchev–Trinajstić information content (AvgIpc) is 2.75. The minimum atomic E-state index is -0.440. The van der Waals surface area contributed by atoms with Crippen LogP contribution in [0.5, 0.6) is 0 Å². The summed E-state index contributed by atoms with van der Waals surface area (Å²) in [6, 6.07) is 8.01. The van der Waals surface area contributed by atoms with Crippen LogP contribution >= 0.6 is 11.6 Å². The molecule has 1 saturated heterocycles. The van der Waals surface area contributed by atoms with Gasteiger partial charge in [-0.2, -0.15) is 0 Å². The predicted octanol–water partition coefficient (Wildman–Crippen LogP) is 3.11. The van der Waals surface area contributed by atoms with E-state index in [1.54, 1.807) is 0 Å². The molecule has 6 nitrogen and oxygen atoms in total. The summed E-state index contributed by atoms with van der Waals surface area (Å²) in [4.78, 5) is 14.2. The van der Waals surface area contributed by atoms with Gasteiger partial charge in [-0.3, -0.25) is 4.90 Å². The van der Waals surface area contributed by atoms with E-state index in [9.17, 15) is 5.11 Å². The lowest BCUT2D eigenvalue weighted by molar-refractivity contribution is 0.0202. The molecule has 1 aromatic carbocycles. The molecular formula is C23H33ClN4O2. The van der Waals surface area contributed by atoms with Gasteiger partial charge in [0.2, 0.25) is 0 Å². The summed E-state index contributed by atoms with van der Waals surface area (Å²) in [5.74, 6) is 1.86. The van der Waals surface area contributed by atoms with Crippen LogP contribution in [0.25, 0.3) is 0 Å². The van der Waals surface area contributed by atoms with Crippen molar-refractivity contribution in [3.05, 3.63) is 51.9 Å². The molecule has 30 heavy (non-hydrogen) atoms. The van der Waals surface area contributed by atoms with Crippen molar-refractivity contribution in [1.29, 1.82) is 0 Å². The molecular weight excluding hydrogens is 400 g/mol. The number of aliphatic hydroxyl groups excluding tert-OH is 1. The first-order valence-corrected chi connectivity index (χ1v) is 11.2. The Morgan fingerprint density at radius 1 is 1.10 bits per heavy atom. The largest absolute Gasteiger partial charge is 0.389 e. The summed E-state index contributed by atoms with van der Waals surface area (Å²) in [6.45, 7) is 11.3. The molecule has 0 bridgehead atoms. The molecule has 0 aliphatic carbocycles. The monoisotopic (exact) mass is 432 g/mol. The first-order valence-electron chi connectivity index (χ1n) is 10.8. The van der Waals surface area contributed by atoms with Crippen LogP contribution in [-0.2, 0) is 17.6 Å². The lowest BCUT2D eigenvalue weighted by Gasteiger charge is -2.37. The number of ether oxygens (including phenoxy) is 1. The summed E-state index contributed by atoms with van der Waals surface area (Å²) in [7, 11) is 0. The number of halogens is 1. The van der Waals surface area contributed by atoms with Crippen LogP contribution in [0.4, 0.5) is 5.82 Å². The Bertz CT molecular complexity index is 808. The zero-order valence-electron chi connectivity index (χ0n) is 18.3. The molecule has 0 saturated carbocycles. The molecule has 0 amide bonds. The molecule has 1 N–H and O–H groups in total. The summed E-state index contributed by atoms with van der Waals surface area (Å²) >= 11 is 6.06. The number of anilines is 1. The van der Waals surface area contributed by atoms with Crippen LogP contribution in [0.3, 0.4) is 0 Å². The summed E-state index contributed by atoms with van der Waals surface area (Å²) in [6.07, 6.45) is 1.23. The highest BCUT2D eigenvalue weighted by molar-refractivity contribution is 6.30. The zero-order valence-corrected chi connectivity index (χ0v) is 19.0. The number of rotatable bonds is 9. The molecule has 0 radical (unpaired) electrons. The highest BCUT2D eigenvalue weighted by atomic mass is 35.5. The Kier molecular flexibility index (Phi) is 8.45. The minimum absolute atomic E-state index is 0.396. The maximum absolute atomic E-state index is 10.1. The Morgan fingerprint density at radius 2 is 1.80 bits per heavy atom. The van der Waals surface area contributed by atoms with E-state index in [0.29, 0.717) is 19.8 Å². The third-order valence-corrected chi connectivity index (χ3v) is 5.72. The molecule has 2 heterocycles. The van der Waals surface area contributed by atoms with E-state index in [2.05, 4.69) is 28.9 Å². The topological polar surface area (TPSA) is 61.7 Å². The predicted molar refractivity (Wildman–Crippen MR) is 122 cm³/mol. The highest BCUT2D eigenvalue weighted by Crippen LogP contribution is 2.26. The van der Waals surface area contributed by atoms with Crippen LogP contribution in [-0.4, -0.2) is 72.0 Å². The van der Waals surface area contributed by atoms with Crippen molar-refractivity contribution in [2.45, 2.75) is 39.7 Å². The molecule has 2 aromatic rings. The Hall–Kier alpha value is -1.73. The van der Waals surface area contributed by atoms with Gasteiger partial charge in [0, 0.05) is 62.0 Å². The van der Waals surface area contributed by atoms with Gasteiger partial charge in [-0.05, 0) is 38.0 Å². The molecule has 1 atom stereocenters. The number of nitrogens with zero attached hydrogens (tertiary/aromatic N) is 4.